The summed E-state index contributed by atoms with van der Waals surface area (Å²) in [6.45, 7) is 1.69. The fourth-order valence-corrected chi connectivity index (χ4v) is 4.29. The minimum absolute atomic E-state index is 0.451. The summed E-state index contributed by atoms with van der Waals surface area (Å²) < 4.78 is 16.3. The Morgan fingerprint density at radius 3 is 1.73 bits per heavy atom. The van der Waals surface area contributed by atoms with Gasteiger partial charge in [-0.2, -0.15) is 0 Å². The van der Waals surface area contributed by atoms with E-state index in [1.807, 2.05) is 0 Å². The summed E-state index contributed by atoms with van der Waals surface area (Å²) in [5.41, 5.74) is 0. The molecule has 11 heteroatoms. The van der Waals surface area contributed by atoms with Gasteiger partial charge in [0.15, 0.2) is 12.6 Å². The SMILES string of the molecule is CCCCCCCCCCN[C@@H]1C(CO)O[C@H](O[C@H]2OC(CO)[C@@H](O)C(O)C2O)[C@@H](O)C1O. The number of nitrogens with one attached hydrogen (secondary N) is 1. The number of hydrogen-bond donors (Lipinski definition) is 8. The van der Waals surface area contributed by atoms with Crippen LogP contribution in [0, 0.1) is 0 Å². The smallest absolute Gasteiger partial charge is 0.189 e. The Morgan fingerprint density at radius 2 is 1.15 bits per heavy atom. The van der Waals surface area contributed by atoms with E-state index < -0.39 is 74.6 Å². The van der Waals surface area contributed by atoms with E-state index in [0.29, 0.717) is 6.54 Å². The molecular weight excluding hydrogens is 438 g/mol. The molecule has 0 amide bonds. The second-order valence-electron chi connectivity index (χ2n) is 8.99. The van der Waals surface area contributed by atoms with Gasteiger partial charge in [0.05, 0.1) is 19.3 Å². The van der Waals surface area contributed by atoms with Crippen molar-refractivity contribution in [2.24, 2.45) is 0 Å². The Labute approximate surface area is 195 Å². The van der Waals surface area contributed by atoms with E-state index in [0.717, 1.165) is 19.3 Å². The van der Waals surface area contributed by atoms with Crippen LogP contribution in [-0.2, 0) is 14.2 Å². The third-order valence-electron chi connectivity index (χ3n) is 6.41. The normalized spacial score (nSPS) is 39.6. The summed E-state index contributed by atoms with van der Waals surface area (Å²) in [4.78, 5) is 0. The maximum atomic E-state index is 10.6. The van der Waals surface area contributed by atoms with E-state index >= 15 is 0 Å². The third-order valence-corrected chi connectivity index (χ3v) is 6.41. The van der Waals surface area contributed by atoms with Crippen LogP contribution in [0.1, 0.15) is 58.3 Å². The van der Waals surface area contributed by atoms with Gasteiger partial charge in [-0.3, -0.25) is 0 Å². The molecule has 196 valence electrons. The molecule has 5 unspecified atom stereocenters. The molecule has 2 aliphatic rings. The molecule has 0 aliphatic carbocycles. The van der Waals surface area contributed by atoms with E-state index in [4.69, 9.17) is 14.2 Å². The van der Waals surface area contributed by atoms with Crippen molar-refractivity contribution in [2.75, 3.05) is 19.8 Å². The summed E-state index contributed by atoms with van der Waals surface area (Å²) in [5.74, 6) is 0. The fraction of sp³-hybridized carbons (Fsp3) is 1.00. The lowest BCUT2D eigenvalue weighted by atomic mass is 9.95. The molecule has 2 saturated heterocycles. The first-order chi connectivity index (χ1) is 15.8. The molecule has 2 aliphatic heterocycles. The number of rotatable bonds is 14. The molecular formula is C22H43NO10. The van der Waals surface area contributed by atoms with Crippen LogP contribution in [-0.4, -0.2) is 117 Å². The molecule has 0 spiro atoms. The highest BCUT2D eigenvalue weighted by Crippen LogP contribution is 2.28. The molecule has 0 radical (unpaired) electrons. The molecule has 0 aromatic rings. The van der Waals surface area contributed by atoms with E-state index in [9.17, 15) is 35.7 Å². The Balaban J connectivity index is 1.82. The molecule has 10 atom stereocenters. The predicted molar refractivity (Wildman–Crippen MR) is 117 cm³/mol. The van der Waals surface area contributed by atoms with Gasteiger partial charge >= 0.3 is 0 Å². The zero-order valence-corrected chi connectivity index (χ0v) is 19.4. The molecule has 2 rings (SSSR count). The lowest BCUT2D eigenvalue weighted by molar-refractivity contribution is -0.370. The molecule has 2 fully saturated rings. The number of aliphatic hydroxyl groups excluding tert-OH is 7. The molecule has 8 N–H and O–H groups in total. The quantitative estimate of drug-likeness (QED) is 0.133. The van der Waals surface area contributed by atoms with E-state index in [2.05, 4.69) is 12.2 Å². The fourth-order valence-electron chi connectivity index (χ4n) is 4.29. The first-order valence-electron chi connectivity index (χ1n) is 12.2. The highest BCUT2D eigenvalue weighted by molar-refractivity contribution is 4.95. The lowest BCUT2D eigenvalue weighted by Crippen LogP contribution is -2.66. The van der Waals surface area contributed by atoms with Gasteiger partial charge in [-0.05, 0) is 13.0 Å². The van der Waals surface area contributed by atoms with E-state index in [-0.39, 0.29) is 0 Å². The number of unbranched alkanes of at least 4 members (excludes halogenated alkanes) is 7. The minimum Gasteiger partial charge on any atom is -0.394 e. The molecule has 11 nitrogen and oxygen atoms in total. The van der Waals surface area contributed by atoms with Crippen molar-refractivity contribution in [3.8, 4) is 0 Å². The van der Waals surface area contributed by atoms with Crippen LogP contribution < -0.4 is 5.32 Å². The molecule has 2 heterocycles. The molecule has 0 bridgehead atoms. The first kappa shape index (κ1) is 28.8. The van der Waals surface area contributed by atoms with Crippen LogP contribution >= 0.6 is 0 Å². The third kappa shape index (κ3) is 8.04. The van der Waals surface area contributed by atoms with Crippen LogP contribution in [0.15, 0.2) is 0 Å². The lowest BCUT2D eigenvalue weighted by Gasteiger charge is -2.45. The highest BCUT2D eigenvalue weighted by Gasteiger charge is 2.49. The van der Waals surface area contributed by atoms with Gasteiger partial charge in [0.1, 0.15) is 42.7 Å². The van der Waals surface area contributed by atoms with Gasteiger partial charge in [-0.1, -0.05) is 51.9 Å². The van der Waals surface area contributed by atoms with Crippen LogP contribution in [0.25, 0.3) is 0 Å². The summed E-state index contributed by atoms with van der Waals surface area (Å²) >= 11 is 0. The van der Waals surface area contributed by atoms with E-state index in [1.165, 1.54) is 32.1 Å². The van der Waals surface area contributed by atoms with Crippen molar-refractivity contribution >= 4 is 0 Å². The first-order valence-corrected chi connectivity index (χ1v) is 12.2. The Bertz CT molecular complexity index is 525. The van der Waals surface area contributed by atoms with Crippen LogP contribution in [0.5, 0.6) is 0 Å². The predicted octanol–water partition coefficient (Wildman–Crippen LogP) is -1.66. The average Bonchev–Trinajstić information content (AvgIpc) is 2.82. The van der Waals surface area contributed by atoms with Gasteiger partial charge < -0.3 is 55.3 Å². The molecule has 0 aromatic carbocycles. The van der Waals surface area contributed by atoms with Crippen LogP contribution in [0.3, 0.4) is 0 Å². The zero-order chi connectivity index (χ0) is 24.4. The van der Waals surface area contributed by atoms with Crippen molar-refractivity contribution < 1.29 is 50.0 Å². The summed E-state index contributed by atoms with van der Waals surface area (Å²) in [7, 11) is 0. The second-order valence-corrected chi connectivity index (χ2v) is 8.99. The topological polar surface area (TPSA) is 181 Å². The maximum absolute atomic E-state index is 10.6. The molecule has 0 aromatic heterocycles. The summed E-state index contributed by atoms with van der Waals surface area (Å²) in [5, 5.41) is 73.2. The summed E-state index contributed by atoms with van der Waals surface area (Å²) in [6, 6.07) is -0.732. The number of ether oxygens (including phenoxy) is 3. The molecule has 33 heavy (non-hydrogen) atoms. The van der Waals surface area contributed by atoms with Crippen molar-refractivity contribution in [3.05, 3.63) is 0 Å². The monoisotopic (exact) mass is 481 g/mol. The summed E-state index contributed by atoms with van der Waals surface area (Å²) in [6.07, 6.45) is -3.58. The van der Waals surface area contributed by atoms with Gasteiger partial charge in [-0.15, -0.1) is 0 Å². The Kier molecular flexibility index (Phi) is 13.0. The standard InChI is InChI=1S/C22H43NO10/c1-2-3-4-5-6-7-8-9-10-23-15-13(11-24)31-21(19(29)17(15)27)33-22-20(30)18(28)16(26)14(12-25)32-22/h13-30H,2-12H2,1H3/t13?,14?,15-,16-,17?,18?,19+,20?,21-,22-/m1/s1. The van der Waals surface area contributed by atoms with Gasteiger partial charge in [0.2, 0.25) is 0 Å². The minimum atomic E-state index is -1.68. The van der Waals surface area contributed by atoms with E-state index in [1.54, 1.807) is 0 Å². The Morgan fingerprint density at radius 1 is 0.636 bits per heavy atom. The average molecular weight is 482 g/mol. The number of aliphatic hydroxyl groups is 7. The van der Waals surface area contributed by atoms with Gasteiger partial charge in [-0.25, -0.2) is 0 Å². The zero-order valence-electron chi connectivity index (χ0n) is 19.4. The van der Waals surface area contributed by atoms with Crippen molar-refractivity contribution in [1.82, 2.24) is 5.32 Å². The highest BCUT2D eigenvalue weighted by atomic mass is 16.8. The second kappa shape index (κ2) is 14.8. The number of hydrogen-bond acceptors (Lipinski definition) is 11. The Hall–Kier alpha value is -0.440. The van der Waals surface area contributed by atoms with Crippen molar-refractivity contribution in [3.63, 3.8) is 0 Å². The largest absolute Gasteiger partial charge is 0.394 e. The van der Waals surface area contributed by atoms with Crippen LogP contribution in [0.4, 0.5) is 0 Å². The van der Waals surface area contributed by atoms with Gasteiger partial charge in [0.25, 0.3) is 0 Å². The van der Waals surface area contributed by atoms with Crippen molar-refractivity contribution in [2.45, 2.75) is 120 Å². The maximum Gasteiger partial charge on any atom is 0.189 e. The van der Waals surface area contributed by atoms with Crippen molar-refractivity contribution in [1.29, 1.82) is 0 Å². The molecule has 0 saturated carbocycles. The van der Waals surface area contributed by atoms with Crippen LogP contribution in [0.2, 0.25) is 0 Å². The van der Waals surface area contributed by atoms with Gasteiger partial charge in [0, 0.05) is 0 Å².